The topological polar surface area (TPSA) is 83.4 Å². The molecule has 0 bridgehead atoms. The Morgan fingerprint density at radius 2 is 1.59 bits per heavy atom. The fraction of sp³-hybridized carbons (Fsp3) is 0.0769. The van der Waals surface area contributed by atoms with Gasteiger partial charge < -0.3 is 15.0 Å². The van der Waals surface area contributed by atoms with Crippen LogP contribution >= 0.6 is 0 Å². The number of carbonyl (C=O) groups excluding carboxylic acids is 2. The molecule has 1 aliphatic rings. The molecule has 32 heavy (non-hydrogen) atoms. The van der Waals surface area contributed by atoms with E-state index in [0.717, 1.165) is 27.7 Å². The minimum absolute atomic E-state index is 0.0187. The van der Waals surface area contributed by atoms with E-state index in [1.165, 1.54) is 0 Å². The SMILES string of the molecule is O=C1NC(=O)C(c2cn(Cc3cccc(CO)c3)c3ccccc23)=C1Nc1ccccc1. The molecule has 1 aromatic heterocycles. The maximum absolute atomic E-state index is 12.8. The van der Waals surface area contributed by atoms with Crippen LogP contribution in [-0.2, 0) is 22.7 Å². The average Bonchev–Trinajstić information content (AvgIpc) is 3.30. The van der Waals surface area contributed by atoms with Gasteiger partial charge in [0.2, 0.25) is 0 Å². The van der Waals surface area contributed by atoms with Gasteiger partial charge in [-0.25, -0.2) is 0 Å². The molecule has 5 rings (SSSR count). The predicted octanol–water partition coefficient (Wildman–Crippen LogP) is 3.66. The van der Waals surface area contributed by atoms with Crippen molar-refractivity contribution in [3.05, 3.63) is 107 Å². The lowest BCUT2D eigenvalue weighted by Crippen LogP contribution is -2.24. The van der Waals surface area contributed by atoms with Gasteiger partial charge in [0.05, 0.1) is 12.2 Å². The van der Waals surface area contributed by atoms with Gasteiger partial charge in [-0.1, -0.05) is 60.7 Å². The van der Waals surface area contributed by atoms with E-state index in [-0.39, 0.29) is 12.3 Å². The van der Waals surface area contributed by atoms with Gasteiger partial charge in [0, 0.05) is 34.9 Å². The first-order valence-corrected chi connectivity index (χ1v) is 10.3. The third-order valence-electron chi connectivity index (χ3n) is 5.56. The molecule has 0 saturated carbocycles. The Kier molecular flexibility index (Phi) is 5.05. The Balaban J connectivity index is 1.63. The summed E-state index contributed by atoms with van der Waals surface area (Å²) in [5, 5.41) is 15.9. The number of carbonyl (C=O) groups is 2. The summed E-state index contributed by atoms with van der Waals surface area (Å²) in [4.78, 5) is 25.4. The van der Waals surface area contributed by atoms with Crippen LogP contribution < -0.4 is 10.6 Å². The number of aromatic nitrogens is 1. The molecule has 1 aliphatic heterocycles. The summed E-state index contributed by atoms with van der Waals surface area (Å²) in [5.74, 6) is -0.861. The van der Waals surface area contributed by atoms with E-state index >= 15 is 0 Å². The quantitative estimate of drug-likeness (QED) is 0.413. The zero-order valence-electron chi connectivity index (χ0n) is 17.2. The normalized spacial score (nSPS) is 13.7. The molecule has 4 aromatic rings. The smallest absolute Gasteiger partial charge is 0.275 e. The Morgan fingerprint density at radius 3 is 2.41 bits per heavy atom. The first-order chi connectivity index (χ1) is 15.6. The molecule has 6 heteroatoms. The first kappa shape index (κ1) is 19.8. The van der Waals surface area contributed by atoms with Crippen molar-refractivity contribution in [2.45, 2.75) is 13.2 Å². The maximum Gasteiger partial charge on any atom is 0.275 e. The van der Waals surface area contributed by atoms with Crippen molar-refractivity contribution in [1.29, 1.82) is 0 Å². The monoisotopic (exact) mass is 423 g/mol. The molecule has 0 spiro atoms. The van der Waals surface area contributed by atoms with E-state index in [4.69, 9.17) is 0 Å². The molecule has 2 amide bonds. The lowest BCUT2D eigenvalue weighted by Gasteiger charge is -2.07. The number of aliphatic hydroxyl groups is 1. The molecule has 2 heterocycles. The second-order valence-corrected chi connectivity index (χ2v) is 7.69. The molecule has 0 aliphatic carbocycles. The highest BCUT2D eigenvalue weighted by atomic mass is 16.3. The number of hydrogen-bond acceptors (Lipinski definition) is 4. The van der Waals surface area contributed by atoms with E-state index in [9.17, 15) is 14.7 Å². The van der Waals surface area contributed by atoms with Crippen molar-refractivity contribution in [2.24, 2.45) is 0 Å². The predicted molar refractivity (Wildman–Crippen MR) is 124 cm³/mol. The highest BCUT2D eigenvalue weighted by Gasteiger charge is 2.33. The number of rotatable bonds is 6. The number of aliphatic hydroxyl groups excluding tert-OH is 1. The number of amides is 2. The summed E-state index contributed by atoms with van der Waals surface area (Å²) < 4.78 is 2.06. The largest absolute Gasteiger partial charge is 0.392 e. The van der Waals surface area contributed by atoms with Crippen molar-refractivity contribution in [3.63, 3.8) is 0 Å². The Hall–Kier alpha value is -4.16. The number of anilines is 1. The second-order valence-electron chi connectivity index (χ2n) is 7.69. The van der Waals surface area contributed by atoms with Crippen LogP contribution in [0, 0.1) is 0 Å². The van der Waals surface area contributed by atoms with Gasteiger partial charge in [-0.15, -0.1) is 0 Å². The van der Waals surface area contributed by atoms with Crippen LogP contribution in [0.15, 0.2) is 90.8 Å². The minimum atomic E-state index is -0.443. The van der Waals surface area contributed by atoms with Crippen LogP contribution in [0.2, 0.25) is 0 Å². The number of nitrogens with zero attached hydrogens (tertiary/aromatic N) is 1. The number of imide groups is 1. The average molecular weight is 423 g/mol. The van der Waals surface area contributed by atoms with Crippen LogP contribution in [0.1, 0.15) is 16.7 Å². The second kappa shape index (κ2) is 8.17. The first-order valence-electron chi connectivity index (χ1n) is 10.3. The maximum atomic E-state index is 12.8. The molecule has 0 saturated heterocycles. The zero-order chi connectivity index (χ0) is 22.1. The summed E-state index contributed by atoms with van der Waals surface area (Å²) in [7, 11) is 0. The van der Waals surface area contributed by atoms with Crippen molar-refractivity contribution < 1.29 is 14.7 Å². The number of benzene rings is 3. The summed E-state index contributed by atoms with van der Waals surface area (Å²) in [6, 6.07) is 24.9. The highest BCUT2D eigenvalue weighted by Crippen LogP contribution is 2.33. The van der Waals surface area contributed by atoms with E-state index < -0.39 is 11.8 Å². The fourth-order valence-corrected chi connectivity index (χ4v) is 4.10. The van der Waals surface area contributed by atoms with E-state index in [0.29, 0.717) is 17.7 Å². The van der Waals surface area contributed by atoms with Crippen LogP contribution in [-0.4, -0.2) is 21.5 Å². The highest BCUT2D eigenvalue weighted by molar-refractivity contribution is 6.38. The van der Waals surface area contributed by atoms with Gasteiger partial charge in [0.15, 0.2) is 0 Å². The molecule has 0 radical (unpaired) electrons. The standard InChI is InChI=1S/C26H21N3O3/c30-16-18-8-6-7-17(13-18)14-29-15-21(20-11-4-5-12-22(20)29)23-24(26(32)28-25(23)31)27-19-9-2-1-3-10-19/h1-13,15,30H,14,16H2,(H2,27,28,31,32). The van der Waals surface area contributed by atoms with Crippen molar-refractivity contribution in [1.82, 2.24) is 9.88 Å². The van der Waals surface area contributed by atoms with Gasteiger partial charge in [0.25, 0.3) is 11.8 Å². The Labute approximate surface area is 184 Å². The van der Waals surface area contributed by atoms with Crippen LogP contribution in [0.3, 0.4) is 0 Å². The van der Waals surface area contributed by atoms with E-state index in [1.807, 2.05) is 85.1 Å². The zero-order valence-corrected chi connectivity index (χ0v) is 17.2. The minimum Gasteiger partial charge on any atom is -0.392 e. The van der Waals surface area contributed by atoms with E-state index in [2.05, 4.69) is 15.2 Å². The fourth-order valence-electron chi connectivity index (χ4n) is 4.10. The lowest BCUT2D eigenvalue weighted by molar-refractivity contribution is -0.123. The molecule has 6 nitrogen and oxygen atoms in total. The summed E-state index contributed by atoms with van der Waals surface area (Å²) in [5.41, 5.74) is 4.83. The molecule has 158 valence electrons. The third kappa shape index (κ3) is 3.57. The molecule has 0 fully saturated rings. The Bertz CT molecular complexity index is 1370. The van der Waals surface area contributed by atoms with E-state index in [1.54, 1.807) is 0 Å². The number of fused-ring (bicyclic) bond motifs is 1. The molecular weight excluding hydrogens is 402 g/mol. The lowest BCUT2D eigenvalue weighted by atomic mass is 10.0. The van der Waals surface area contributed by atoms with Crippen LogP contribution in [0.25, 0.3) is 16.5 Å². The van der Waals surface area contributed by atoms with Crippen molar-refractivity contribution in [2.75, 3.05) is 5.32 Å². The molecule has 3 aromatic carbocycles. The van der Waals surface area contributed by atoms with Gasteiger partial charge in [-0.3, -0.25) is 14.9 Å². The summed E-state index contributed by atoms with van der Waals surface area (Å²) in [6.07, 6.45) is 1.91. The number of para-hydroxylation sites is 2. The molecule has 0 atom stereocenters. The molecule has 3 N–H and O–H groups in total. The summed E-state index contributed by atoms with van der Waals surface area (Å²) >= 11 is 0. The van der Waals surface area contributed by atoms with Crippen LogP contribution in [0.4, 0.5) is 5.69 Å². The van der Waals surface area contributed by atoms with Crippen molar-refractivity contribution >= 4 is 34.0 Å². The van der Waals surface area contributed by atoms with Gasteiger partial charge in [-0.2, -0.15) is 0 Å². The number of hydrogen-bond donors (Lipinski definition) is 3. The molecule has 0 unspecified atom stereocenters. The molecular formula is C26H21N3O3. The van der Waals surface area contributed by atoms with Gasteiger partial charge in [0.1, 0.15) is 5.70 Å². The van der Waals surface area contributed by atoms with Crippen molar-refractivity contribution in [3.8, 4) is 0 Å². The Morgan fingerprint density at radius 1 is 0.844 bits per heavy atom. The third-order valence-corrected chi connectivity index (χ3v) is 5.56. The van der Waals surface area contributed by atoms with Crippen LogP contribution in [0.5, 0.6) is 0 Å². The number of nitrogens with one attached hydrogen (secondary N) is 2. The summed E-state index contributed by atoms with van der Waals surface area (Å²) in [6.45, 7) is 0.549. The van der Waals surface area contributed by atoms with Gasteiger partial charge in [-0.05, 0) is 29.3 Å². The van der Waals surface area contributed by atoms with Gasteiger partial charge >= 0.3 is 0 Å².